The summed E-state index contributed by atoms with van der Waals surface area (Å²) in [4.78, 5) is 10.9. The van der Waals surface area contributed by atoms with Gasteiger partial charge in [0.05, 0.1) is 5.56 Å². The first-order valence-electron chi connectivity index (χ1n) is 5.40. The molecule has 17 heavy (non-hydrogen) atoms. The van der Waals surface area contributed by atoms with Gasteiger partial charge in [-0.15, -0.1) is 0 Å². The number of aryl methyl sites for hydroxylation is 2. The van der Waals surface area contributed by atoms with Crippen LogP contribution in [-0.2, 0) is 0 Å². The minimum Gasteiger partial charge on any atom is -0.478 e. The van der Waals surface area contributed by atoms with Gasteiger partial charge in [0.2, 0.25) is 0 Å². The van der Waals surface area contributed by atoms with Crippen molar-refractivity contribution in [2.24, 2.45) is 0 Å². The molecule has 4 heteroatoms. The standard InChI is InChI=1S/C13H15NO3/c1-4-11(7-14)17-12-8(2)5-10(13(15)16)6-9(12)3/h5-6,11H,4H2,1-3H3,(H,15,16). The van der Waals surface area contributed by atoms with E-state index in [0.29, 0.717) is 12.2 Å². The molecule has 0 spiro atoms. The highest BCUT2D eigenvalue weighted by Crippen LogP contribution is 2.26. The molecule has 0 aliphatic heterocycles. The lowest BCUT2D eigenvalue weighted by atomic mass is 10.1. The first kappa shape index (κ1) is 13.0. The average Bonchev–Trinajstić information content (AvgIpc) is 2.28. The van der Waals surface area contributed by atoms with Crippen molar-refractivity contribution in [3.63, 3.8) is 0 Å². The van der Waals surface area contributed by atoms with E-state index >= 15 is 0 Å². The van der Waals surface area contributed by atoms with Crippen LogP contribution in [0, 0.1) is 25.2 Å². The molecule has 1 aromatic rings. The molecule has 1 unspecified atom stereocenters. The van der Waals surface area contributed by atoms with E-state index < -0.39 is 12.1 Å². The van der Waals surface area contributed by atoms with Crippen LogP contribution in [0.4, 0.5) is 0 Å². The van der Waals surface area contributed by atoms with Crippen molar-refractivity contribution < 1.29 is 14.6 Å². The zero-order valence-corrected chi connectivity index (χ0v) is 10.2. The van der Waals surface area contributed by atoms with Crippen LogP contribution in [0.1, 0.15) is 34.8 Å². The quantitative estimate of drug-likeness (QED) is 0.867. The lowest BCUT2D eigenvalue weighted by Crippen LogP contribution is -2.14. The maximum atomic E-state index is 10.9. The second-order valence-corrected chi connectivity index (χ2v) is 3.89. The van der Waals surface area contributed by atoms with Crippen LogP contribution in [0.2, 0.25) is 0 Å². The summed E-state index contributed by atoms with van der Waals surface area (Å²) >= 11 is 0. The Morgan fingerprint density at radius 2 is 2.00 bits per heavy atom. The van der Waals surface area contributed by atoms with Crippen molar-refractivity contribution in [1.82, 2.24) is 0 Å². The zero-order chi connectivity index (χ0) is 13.0. The summed E-state index contributed by atoms with van der Waals surface area (Å²) in [5.74, 6) is -0.363. The molecule has 1 N–H and O–H groups in total. The topological polar surface area (TPSA) is 70.3 Å². The van der Waals surface area contributed by atoms with E-state index in [2.05, 4.69) is 6.07 Å². The maximum Gasteiger partial charge on any atom is 0.335 e. The van der Waals surface area contributed by atoms with E-state index in [1.807, 2.05) is 6.92 Å². The van der Waals surface area contributed by atoms with Gasteiger partial charge < -0.3 is 9.84 Å². The first-order chi connectivity index (χ1) is 7.99. The van der Waals surface area contributed by atoms with Gasteiger partial charge >= 0.3 is 5.97 Å². The van der Waals surface area contributed by atoms with E-state index in [9.17, 15) is 4.79 Å². The first-order valence-corrected chi connectivity index (χ1v) is 5.40. The van der Waals surface area contributed by atoms with Crippen molar-refractivity contribution in [3.8, 4) is 11.8 Å². The summed E-state index contributed by atoms with van der Waals surface area (Å²) in [5, 5.41) is 17.7. The van der Waals surface area contributed by atoms with Crippen molar-refractivity contribution in [1.29, 1.82) is 5.26 Å². The predicted octanol–water partition coefficient (Wildman–Crippen LogP) is 2.68. The van der Waals surface area contributed by atoms with Crippen LogP contribution in [0.15, 0.2) is 12.1 Å². The summed E-state index contributed by atoms with van der Waals surface area (Å²) in [6, 6.07) is 5.15. The number of nitriles is 1. The van der Waals surface area contributed by atoms with E-state index in [-0.39, 0.29) is 5.56 Å². The SMILES string of the molecule is CCC(C#N)Oc1c(C)cc(C(=O)O)cc1C. The Hall–Kier alpha value is -2.02. The number of hydrogen-bond acceptors (Lipinski definition) is 3. The lowest BCUT2D eigenvalue weighted by Gasteiger charge is -2.15. The van der Waals surface area contributed by atoms with E-state index in [1.165, 1.54) is 0 Å². The van der Waals surface area contributed by atoms with Gasteiger partial charge in [-0.1, -0.05) is 6.92 Å². The Morgan fingerprint density at radius 3 is 2.35 bits per heavy atom. The molecule has 0 heterocycles. The molecular formula is C13H15NO3. The molecule has 0 bridgehead atoms. The van der Waals surface area contributed by atoms with E-state index in [1.54, 1.807) is 26.0 Å². The molecule has 1 atom stereocenters. The van der Waals surface area contributed by atoms with Gasteiger partial charge in [0, 0.05) is 0 Å². The molecule has 0 aromatic heterocycles. The van der Waals surface area contributed by atoms with Gasteiger partial charge in [-0.3, -0.25) is 0 Å². The largest absolute Gasteiger partial charge is 0.478 e. The third-order valence-corrected chi connectivity index (χ3v) is 2.48. The van der Waals surface area contributed by atoms with Crippen LogP contribution in [-0.4, -0.2) is 17.2 Å². The minimum absolute atomic E-state index is 0.234. The second kappa shape index (κ2) is 5.35. The van der Waals surface area contributed by atoms with Crippen LogP contribution < -0.4 is 4.74 Å². The van der Waals surface area contributed by atoms with Gasteiger partial charge in [-0.05, 0) is 43.5 Å². The molecule has 1 aromatic carbocycles. The Labute approximate surface area is 100 Å². The fourth-order valence-corrected chi connectivity index (χ4v) is 1.60. The average molecular weight is 233 g/mol. The molecule has 90 valence electrons. The zero-order valence-electron chi connectivity index (χ0n) is 10.2. The number of rotatable bonds is 4. The second-order valence-electron chi connectivity index (χ2n) is 3.89. The van der Waals surface area contributed by atoms with Crippen molar-refractivity contribution >= 4 is 5.97 Å². The van der Waals surface area contributed by atoms with Gasteiger partial charge in [0.15, 0.2) is 6.10 Å². The van der Waals surface area contributed by atoms with Crippen LogP contribution in [0.25, 0.3) is 0 Å². The van der Waals surface area contributed by atoms with Crippen molar-refractivity contribution in [2.75, 3.05) is 0 Å². The Morgan fingerprint density at radius 1 is 1.47 bits per heavy atom. The third kappa shape index (κ3) is 2.97. The van der Waals surface area contributed by atoms with Gasteiger partial charge in [0.1, 0.15) is 11.8 Å². The Bertz CT molecular complexity index is 451. The van der Waals surface area contributed by atoms with Crippen LogP contribution in [0.3, 0.4) is 0 Å². The number of hydrogen-bond donors (Lipinski definition) is 1. The number of aromatic carboxylic acids is 1. The lowest BCUT2D eigenvalue weighted by molar-refractivity contribution is 0.0696. The smallest absolute Gasteiger partial charge is 0.335 e. The molecule has 4 nitrogen and oxygen atoms in total. The molecule has 1 rings (SSSR count). The number of ether oxygens (including phenoxy) is 1. The number of carboxylic acids is 1. The molecule has 0 amide bonds. The van der Waals surface area contributed by atoms with Crippen LogP contribution >= 0.6 is 0 Å². The number of nitrogens with zero attached hydrogens (tertiary/aromatic N) is 1. The Kier molecular flexibility index (Phi) is 4.11. The maximum absolute atomic E-state index is 10.9. The summed E-state index contributed by atoms with van der Waals surface area (Å²) < 4.78 is 5.56. The Balaban J connectivity index is 3.10. The number of benzene rings is 1. The van der Waals surface area contributed by atoms with Gasteiger partial charge in [-0.2, -0.15) is 5.26 Å². The molecule has 0 fully saturated rings. The summed E-state index contributed by atoms with van der Waals surface area (Å²) in [5.41, 5.74) is 1.70. The highest BCUT2D eigenvalue weighted by Gasteiger charge is 2.14. The molecule has 0 aliphatic rings. The van der Waals surface area contributed by atoms with Crippen molar-refractivity contribution in [3.05, 3.63) is 28.8 Å². The molecule has 0 saturated heterocycles. The minimum atomic E-state index is -0.963. The van der Waals surface area contributed by atoms with Gasteiger partial charge in [0.25, 0.3) is 0 Å². The summed E-state index contributed by atoms with van der Waals surface area (Å²) in [6.07, 6.45) is 0.0962. The van der Waals surface area contributed by atoms with E-state index in [4.69, 9.17) is 15.1 Å². The van der Waals surface area contributed by atoms with Gasteiger partial charge in [-0.25, -0.2) is 4.79 Å². The summed E-state index contributed by atoms with van der Waals surface area (Å²) in [6.45, 7) is 5.42. The van der Waals surface area contributed by atoms with E-state index in [0.717, 1.165) is 11.1 Å². The highest BCUT2D eigenvalue weighted by molar-refractivity contribution is 5.88. The normalized spacial score (nSPS) is 11.6. The fourth-order valence-electron chi connectivity index (χ4n) is 1.60. The fraction of sp³-hybridized carbons (Fsp3) is 0.385. The molecule has 0 radical (unpaired) electrons. The number of carbonyl (C=O) groups is 1. The molecule has 0 saturated carbocycles. The summed E-state index contributed by atoms with van der Waals surface area (Å²) in [7, 11) is 0. The highest BCUT2D eigenvalue weighted by atomic mass is 16.5. The third-order valence-electron chi connectivity index (χ3n) is 2.48. The molecule has 0 aliphatic carbocycles. The predicted molar refractivity (Wildman–Crippen MR) is 63.2 cm³/mol. The monoisotopic (exact) mass is 233 g/mol. The van der Waals surface area contributed by atoms with Crippen LogP contribution in [0.5, 0.6) is 5.75 Å². The van der Waals surface area contributed by atoms with Crippen molar-refractivity contribution in [2.45, 2.75) is 33.3 Å². The molecular weight excluding hydrogens is 218 g/mol. The number of carboxylic acid groups (broad SMARTS) is 1.